The van der Waals surface area contributed by atoms with E-state index in [0.29, 0.717) is 16.5 Å². The van der Waals surface area contributed by atoms with Crippen LogP contribution in [-0.2, 0) is 12.8 Å². The largest absolute Gasteiger partial charge is 0.323 e. The lowest BCUT2D eigenvalue weighted by molar-refractivity contribution is 0.102. The Labute approximate surface area is 120 Å². The standard InChI is InChI=1S/C13H15N5OS/c14-18-8-5-6-10(15-7-8)12(19)17-13-16-9-3-1-2-4-11(9)20-13/h5-7,18H,1-4,14H2,(H,16,17,19). The van der Waals surface area contributed by atoms with Crippen LogP contribution in [0.2, 0.25) is 0 Å². The number of hydrogen-bond acceptors (Lipinski definition) is 6. The van der Waals surface area contributed by atoms with E-state index in [0.717, 1.165) is 18.5 Å². The van der Waals surface area contributed by atoms with Gasteiger partial charge in [0.25, 0.3) is 5.91 Å². The number of nitrogens with zero attached hydrogens (tertiary/aromatic N) is 2. The molecular weight excluding hydrogens is 274 g/mol. The lowest BCUT2D eigenvalue weighted by Gasteiger charge is -2.06. The highest BCUT2D eigenvalue weighted by atomic mass is 32.1. The molecule has 1 aliphatic rings. The van der Waals surface area contributed by atoms with E-state index in [-0.39, 0.29) is 5.91 Å². The minimum Gasteiger partial charge on any atom is -0.323 e. The van der Waals surface area contributed by atoms with E-state index in [4.69, 9.17) is 5.84 Å². The third kappa shape index (κ3) is 2.63. The first-order chi connectivity index (χ1) is 9.76. The number of amides is 1. The lowest BCUT2D eigenvalue weighted by Crippen LogP contribution is -2.14. The SMILES string of the molecule is NNc1ccc(C(=O)Nc2nc3c(s2)CCCC3)nc1. The van der Waals surface area contributed by atoms with Gasteiger partial charge in [-0.25, -0.2) is 9.97 Å². The van der Waals surface area contributed by atoms with Crippen LogP contribution < -0.4 is 16.6 Å². The van der Waals surface area contributed by atoms with Crippen LogP contribution in [0.5, 0.6) is 0 Å². The number of rotatable bonds is 3. The van der Waals surface area contributed by atoms with Crippen LogP contribution in [0, 0.1) is 0 Å². The number of anilines is 2. The van der Waals surface area contributed by atoms with Gasteiger partial charge in [0.05, 0.1) is 17.6 Å². The molecule has 1 amide bonds. The summed E-state index contributed by atoms with van der Waals surface area (Å²) < 4.78 is 0. The maximum absolute atomic E-state index is 12.1. The molecule has 6 nitrogen and oxygen atoms in total. The predicted molar refractivity (Wildman–Crippen MR) is 78.8 cm³/mol. The van der Waals surface area contributed by atoms with Crippen LogP contribution in [0.25, 0.3) is 0 Å². The number of nitrogens with two attached hydrogens (primary N) is 1. The summed E-state index contributed by atoms with van der Waals surface area (Å²) in [7, 11) is 0. The van der Waals surface area contributed by atoms with Crippen molar-refractivity contribution in [2.24, 2.45) is 5.84 Å². The number of nitrogens with one attached hydrogen (secondary N) is 2. The monoisotopic (exact) mass is 289 g/mol. The first kappa shape index (κ1) is 13.0. The van der Waals surface area contributed by atoms with Crippen LogP contribution in [0.4, 0.5) is 10.8 Å². The predicted octanol–water partition coefficient (Wildman–Crippen LogP) is 1.95. The third-order valence-corrected chi connectivity index (χ3v) is 4.30. The molecular formula is C13H15N5OS. The van der Waals surface area contributed by atoms with Gasteiger partial charge >= 0.3 is 0 Å². The molecule has 0 radical (unpaired) electrons. The van der Waals surface area contributed by atoms with E-state index in [1.807, 2.05) is 0 Å². The molecule has 7 heteroatoms. The molecule has 0 spiro atoms. The average molecular weight is 289 g/mol. The number of aryl methyl sites for hydroxylation is 2. The molecule has 2 heterocycles. The molecule has 2 aromatic rings. The molecule has 0 bridgehead atoms. The van der Waals surface area contributed by atoms with Crippen LogP contribution in [0.3, 0.4) is 0 Å². The van der Waals surface area contributed by atoms with E-state index in [9.17, 15) is 4.79 Å². The molecule has 1 aliphatic carbocycles. The highest BCUT2D eigenvalue weighted by molar-refractivity contribution is 7.15. The van der Waals surface area contributed by atoms with E-state index < -0.39 is 0 Å². The smallest absolute Gasteiger partial charge is 0.276 e. The summed E-state index contributed by atoms with van der Waals surface area (Å²) in [5, 5.41) is 3.46. The van der Waals surface area contributed by atoms with Gasteiger partial charge in [0.15, 0.2) is 5.13 Å². The van der Waals surface area contributed by atoms with Crippen molar-refractivity contribution in [2.75, 3.05) is 10.7 Å². The van der Waals surface area contributed by atoms with Gasteiger partial charge < -0.3 is 5.43 Å². The lowest BCUT2D eigenvalue weighted by atomic mass is 10.0. The first-order valence-electron chi connectivity index (χ1n) is 6.49. The number of fused-ring (bicyclic) bond motifs is 1. The highest BCUT2D eigenvalue weighted by Gasteiger charge is 2.17. The molecule has 20 heavy (non-hydrogen) atoms. The van der Waals surface area contributed by atoms with E-state index in [1.165, 1.54) is 23.9 Å². The van der Waals surface area contributed by atoms with Gasteiger partial charge in [-0.1, -0.05) is 0 Å². The Morgan fingerprint density at radius 2 is 2.15 bits per heavy atom. The Hall–Kier alpha value is -1.99. The Kier molecular flexibility index (Phi) is 3.62. The first-order valence-corrected chi connectivity index (χ1v) is 7.30. The molecule has 0 atom stereocenters. The fraction of sp³-hybridized carbons (Fsp3) is 0.308. The second-order valence-electron chi connectivity index (χ2n) is 4.63. The number of hydrazine groups is 1. The van der Waals surface area contributed by atoms with Crippen molar-refractivity contribution in [1.29, 1.82) is 0 Å². The van der Waals surface area contributed by atoms with Gasteiger partial charge in [0.1, 0.15) is 5.69 Å². The Balaban J connectivity index is 1.73. The van der Waals surface area contributed by atoms with E-state index in [2.05, 4.69) is 20.7 Å². The third-order valence-electron chi connectivity index (χ3n) is 3.23. The Morgan fingerprint density at radius 1 is 1.30 bits per heavy atom. The number of nitrogen functional groups attached to an aromatic ring is 1. The van der Waals surface area contributed by atoms with Gasteiger partial charge in [-0.15, -0.1) is 11.3 Å². The summed E-state index contributed by atoms with van der Waals surface area (Å²) in [6.45, 7) is 0. The second-order valence-corrected chi connectivity index (χ2v) is 5.71. The summed E-state index contributed by atoms with van der Waals surface area (Å²) in [5.74, 6) is 5.01. The zero-order valence-corrected chi connectivity index (χ0v) is 11.7. The molecule has 0 aromatic carbocycles. The molecule has 0 saturated heterocycles. The molecule has 2 aromatic heterocycles. The van der Waals surface area contributed by atoms with Crippen LogP contribution in [-0.4, -0.2) is 15.9 Å². The molecule has 0 unspecified atom stereocenters. The minimum atomic E-state index is -0.250. The van der Waals surface area contributed by atoms with Gasteiger partial charge in [-0.05, 0) is 37.8 Å². The van der Waals surface area contributed by atoms with E-state index >= 15 is 0 Å². The Morgan fingerprint density at radius 3 is 2.85 bits per heavy atom. The normalized spacial score (nSPS) is 13.7. The van der Waals surface area contributed by atoms with Gasteiger partial charge in [0.2, 0.25) is 0 Å². The van der Waals surface area contributed by atoms with Gasteiger partial charge in [-0.3, -0.25) is 16.0 Å². The maximum atomic E-state index is 12.1. The van der Waals surface area contributed by atoms with Crippen LogP contribution >= 0.6 is 11.3 Å². The molecule has 3 rings (SSSR count). The van der Waals surface area contributed by atoms with Crippen molar-refractivity contribution < 1.29 is 4.79 Å². The summed E-state index contributed by atoms with van der Waals surface area (Å²) in [6, 6.07) is 3.33. The molecule has 104 valence electrons. The number of carbonyl (C=O) groups is 1. The fourth-order valence-electron chi connectivity index (χ4n) is 2.18. The quantitative estimate of drug-likeness (QED) is 0.593. The number of thiazole rings is 1. The van der Waals surface area contributed by atoms with Gasteiger partial charge in [0, 0.05) is 4.88 Å². The topological polar surface area (TPSA) is 92.9 Å². The highest BCUT2D eigenvalue weighted by Crippen LogP contribution is 2.29. The molecule has 0 fully saturated rings. The second kappa shape index (κ2) is 5.56. The van der Waals surface area contributed by atoms with Crippen molar-refractivity contribution in [1.82, 2.24) is 9.97 Å². The number of carbonyl (C=O) groups excluding carboxylic acids is 1. The van der Waals surface area contributed by atoms with Crippen molar-refractivity contribution in [2.45, 2.75) is 25.7 Å². The summed E-state index contributed by atoms with van der Waals surface area (Å²) in [4.78, 5) is 21.9. The summed E-state index contributed by atoms with van der Waals surface area (Å²) in [6.07, 6.45) is 5.98. The van der Waals surface area contributed by atoms with Crippen LogP contribution in [0.1, 0.15) is 33.9 Å². The van der Waals surface area contributed by atoms with Gasteiger partial charge in [-0.2, -0.15) is 0 Å². The number of aromatic nitrogens is 2. The summed E-state index contributed by atoms with van der Waals surface area (Å²) in [5.41, 5.74) is 4.61. The fourth-order valence-corrected chi connectivity index (χ4v) is 3.23. The maximum Gasteiger partial charge on any atom is 0.276 e. The van der Waals surface area contributed by atoms with Crippen molar-refractivity contribution in [3.63, 3.8) is 0 Å². The van der Waals surface area contributed by atoms with Crippen molar-refractivity contribution in [3.05, 3.63) is 34.6 Å². The summed E-state index contributed by atoms with van der Waals surface area (Å²) >= 11 is 1.56. The molecule has 0 saturated carbocycles. The van der Waals surface area contributed by atoms with E-state index in [1.54, 1.807) is 23.5 Å². The average Bonchev–Trinajstić information content (AvgIpc) is 2.89. The van der Waals surface area contributed by atoms with Crippen molar-refractivity contribution >= 4 is 28.1 Å². The van der Waals surface area contributed by atoms with Crippen LogP contribution in [0.15, 0.2) is 18.3 Å². The van der Waals surface area contributed by atoms with Crippen molar-refractivity contribution in [3.8, 4) is 0 Å². The number of pyridine rings is 1. The zero-order valence-electron chi connectivity index (χ0n) is 10.8. The Bertz CT molecular complexity index is 599. The number of hydrogen-bond donors (Lipinski definition) is 3. The zero-order chi connectivity index (χ0) is 13.9. The molecule has 0 aliphatic heterocycles. The molecule has 4 N–H and O–H groups in total. The minimum absolute atomic E-state index is 0.250.